The van der Waals surface area contributed by atoms with E-state index in [0.29, 0.717) is 57.3 Å². The Labute approximate surface area is 212 Å². The molecule has 1 amide bonds. The van der Waals surface area contributed by atoms with Crippen molar-refractivity contribution in [1.29, 1.82) is 0 Å². The molecule has 0 bridgehead atoms. The largest absolute Gasteiger partial charge is 0.493 e. The van der Waals surface area contributed by atoms with Crippen LogP contribution in [0.3, 0.4) is 0 Å². The molecule has 0 saturated heterocycles. The van der Waals surface area contributed by atoms with Crippen LogP contribution >= 0.6 is 15.9 Å². The third-order valence-electron chi connectivity index (χ3n) is 6.55. The summed E-state index contributed by atoms with van der Waals surface area (Å²) < 4.78 is 28.0. The molecular weight excluding hydrogens is 518 g/mol. The second kappa shape index (κ2) is 10.2. The number of Topliss-reactive ketones (excluding diaryl/α,β-unsaturated/α-hetero) is 1. The van der Waals surface area contributed by atoms with Crippen molar-refractivity contribution < 1.29 is 33.3 Å². The standard InChI is InChI=1S/C26H28BrNO7/c1-31-20-11-15(6-17(27)25(20)34-4)16-12-23(30)28-18-7-13(8-19(29)24(16)18)14-9-21(32-2)26(35-5)22(10-14)33-3/h6,9-11,13,16H,7-8,12H2,1-5H3,(H,28,30). The Hall–Kier alpha value is -3.20. The Morgan fingerprint density at radius 2 is 1.31 bits per heavy atom. The van der Waals surface area contributed by atoms with Gasteiger partial charge in [-0.15, -0.1) is 0 Å². The first-order valence-electron chi connectivity index (χ1n) is 11.1. The van der Waals surface area contributed by atoms with E-state index in [1.807, 2.05) is 24.3 Å². The molecule has 2 unspecified atom stereocenters. The third-order valence-corrected chi connectivity index (χ3v) is 7.14. The Balaban J connectivity index is 1.75. The molecule has 2 atom stereocenters. The third kappa shape index (κ3) is 4.57. The smallest absolute Gasteiger partial charge is 0.225 e. The summed E-state index contributed by atoms with van der Waals surface area (Å²) in [6.07, 6.45) is 0.996. The van der Waals surface area contributed by atoms with E-state index in [0.717, 1.165) is 11.1 Å². The maximum atomic E-state index is 13.5. The van der Waals surface area contributed by atoms with Gasteiger partial charge < -0.3 is 29.0 Å². The summed E-state index contributed by atoms with van der Waals surface area (Å²) >= 11 is 3.52. The molecule has 0 saturated carbocycles. The number of hydrogen-bond donors (Lipinski definition) is 1. The highest BCUT2D eigenvalue weighted by Gasteiger charge is 2.39. The van der Waals surface area contributed by atoms with Crippen LogP contribution in [-0.4, -0.2) is 47.2 Å². The average molecular weight is 546 g/mol. The van der Waals surface area contributed by atoms with Gasteiger partial charge in [0.2, 0.25) is 11.7 Å². The maximum Gasteiger partial charge on any atom is 0.225 e. The molecule has 1 N–H and O–H groups in total. The zero-order chi connectivity index (χ0) is 25.3. The van der Waals surface area contributed by atoms with Gasteiger partial charge in [0.05, 0.1) is 40.0 Å². The second-order valence-corrected chi connectivity index (χ2v) is 9.28. The average Bonchev–Trinajstić information content (AvgIpc) is 2.86. The molecule has 1 aliphatic carbocycles. The molecule has 2 aliphatic rings. The number of ether oxygens (including phenoxy) is 5. The topological polar surface area (TPSA) is 92.3 Å². The number of halogens is 1. The first kappa shape index (κ1) is 24.9. The molecule has 2 aromatic rings. The van der Waals surface area contributed by atoms with Crippen LogP contribution in [0.5, 0.6) is 28.7 Å². The Kier molecular flexibility index (Phi) is 7.25. The van der Waals surface area contributed by atoms with E-state index in [-0.39, 0.29) is 29.9 Å². The lowest BCUT2D eigenvalue weighted by molar-refractivity contribution is -0.122. The highest BCUT2D eigenvalue weighted by Crippen LogP contribution is 2.48. The molecule has 8 nitrogen and oxygen atoms in total. The SMILES string of the molecule is COc1cc(C2CC(=O)NC3=C2C(=O)CC(c2cc(OC)c(OC)c(OC)c2)C3)cc(Br)c1OC. The summed E-state index contributed by atoms with van der Waals surface area (Å²) in [5.41, 5.74) is 3.00. The maximum absolute atomic E-state index is 13.5. The molecule has 0 fully saturated rings. The summed E-state index contributed by atoms with van der Waals surface area (Å²) in [6.45, 7) is 0. The van der Waals surface area contributed by atoms with Gasteiger partial charge in [0.25, 0.3) is 0 Å². The Morgan fingerprint density at radius 1 is 0.743 bits per heavy atom. The number of nitrogens with one attached hydrogen (secondary N) is 1. The lowest BCUT2D eigenvalue weighted by atomic mass is 9.73. The quantitative estimate of drug-likeness (QED) is 0.547. The number of amides is 1. The predicted octanol–water partition coefficient (Wildman–Crippen LogP) is 4.50. The van der Waals surface area contributed by atoms with Crippen molar-refractivity contribution in [3.63, 3.8) is 0 Å². The minimum Gasteiger partial charge on any atom is -0.493 e. The fourth-order valence-corrected chi connectivity index (χ4v) is 5.58. The zero-order valence-electron chi connectivity index (χ0n) is 20.3. The van der Waals surface area contributed by atoms with Crippen molar-refractivity contribution in [2.75, 3.05) is 35.5 Å². The number of allylic oxidation sites excluding steroid dienone is 2. The minimum atomic E-state index is -0.372. The lowest BCUT2D eigenvalue weighted by Crippen LogP contribution is -2.38. The first-order valence-corrected chi connectivity index (χ1v) is 11.9. The summed E-state index contributed by atoms with van der Waals surface area (Å²) in [5.74, 6) is 1.98. The molecule has 0 spiro atoms. The highest BCUT2D eigenvalue weighted by molar-refractivity contribution is 9.10. The van der Waals surface area contributed by atoms with Crippen LogP contribution in [0.15, 0.2) is 40.0 Å². The summed E-state index contributed by atoms with van der Waals surface area (Å²) in [4.78, 5) is 26.3. The predicted molar refractivity (Wildman–Crippen MR) is 133 cm³/mol. The number of hydrogen-bond acceptors (Lipinski definition) is 7. The van der Waals surface area contributed by atoms with Gasteiger partial charge in [0.15, 0.2) is 28.8 Å². The normalized spacial score (nSPS) is 19.6. The van der Waals surface area contributed by atoms with E-state index in [9.17, 15) is 9.59 Å². The molecule has 4 rings (SSSR count). The van der Waals surface area contributed by atoms with Crippen LogP contribution in [0.4, 0.5) is 0 Å². The summed E-state index contributed by atoms with van der Waals surface area (Å²) in [5, 5.41) is 2.96. The van der Waals surface area contributed by atoms with Crippen molar-refractivity contribution >= 4 is 27.6 Å². The molecule has 1 aliphatic heterocycles. The number of carbonyl (C=O) groups excluding carboxylic acids is 2. The lowest BCUT2D eigenvalue weighted by Gasteiger charge is -2.35. The van der Waals surface area contributed by atoms with Crippen molar-refractivity contribution in [1.82, 2.24) is 5.32 Å². The van der Waals surface area contributed by atoms with Crippen LogP contribution in [-0.2, 0) is 9.59 Å². The highest BCUT2D eigenvalue weighted by atomic mass is 79.9. The number of benzene rings is 2. The Bertz CT molecular complexity index is 1180. The fraction of sp³-hybridized carbons (Fsp3) is 0.385. The van der Waals surface area contributed by atoms with Crippen LogP contribution in [0.2, 0.25) is 0 Å². The van der Waals surface area contributed by atoms with Gasteiger partial charge in [-0.2, -0.15) is 0 Å². The summed E-state index contributed by atoms with van der Waals surface area (Å²) in [6, 6.07) is 7.43. The molecule has 0 radical (unpaired) electrons. The molecular formula is C26H28BrNO7. The molecule has 186 valence electrons. The van der Waals surface area contributed by atoms with Crippen molar-refractivity contribution in [3.8, 4) is 28.7 Å². The summed E-state index contributed by atoms with van der Waals surface area (Å²) in [7, 11) is 7.78. The van der Waals surface area contributed by atoms with Gasteiger partial charge >= 0.3 is 0 Å². The van der Waals surface area contributed by atoms with Crippen LogP contribution in [0, 0.1) is 0 Å². The number of methoxy groups -OCH3 is 5. The van der Waals surface area contributed by atoms with E-state index in [1.165, 1.54) is 0 Å². The van der Waals surface area contributed by atoms with Crippen molar-refractivity contribution in [2.24, 2.45) is 0 Å². The van der Waals surface area contributed by atoms with E-state index < -0.39 is 0 Å². The van der Waals surface area contributed by atoms with Gasteiger partial charge in [-0.3, -0.25) is 9.59 Å². The zero-order valence-corrected chi connectivity index (χ0v) is 21.9. The van der Waals surface area contributed by atoms with Crippen LogP contribution in [0.25, 0.3) is 0 Å². The van der Waals surface area contributed by atoms with Gasteiger partial charge in [-0.05, 0) is 63.7 Å². The van der Waals surface area contributed by atoms with Crippen LogP contribution in [0.1, 0.15) is 42.2 Å². The van der Waals surface area contributed by atoms with Gasteiger partial charge in [-0.25, -0.2) is 0 Å². The Morgan fingerprint density at radius 3 is 1.89 bits per heavy atom. The molecule has 1 heterocycles. The molecule has 0 aromatic heterocycles. The first-order chi connectivity index (χ1) is 16.8. The monoisotopic (exact) mass is 545 g/mol. The van der Waals surface area contributed by atoms with Crippen LogP contribution < -0.4 is 29.0 Å². The minimum absolute atomic E-state index is 0.000842. The van der Waals surface area contributed by atoms with Crippen molar-refractivity contribution in [3.05, 3.63) is 51.1 Å². The van der Waals surface area contributed by atoms with E-state index >= 15 is 0 Å². The van der Waals surface area contributed by atoms with E-state index in [1.54, 1.807) is 35.5 Å². The molecule has 2 aromatic carbocycles. The van der Waals surface area contributed by atoms with E-state index in [2.05, 4.69) is 21.2 Å². The van der Waals surface area contributed by atoms with E-state index in [4.69, 9.17) is 23.7 Å². The number of ketones is 1. The van der Waals surface area contributed by atoms with Gasteiger partial charge in [0.1, 0.15) is 0 Å². The molecule has 35 heavy (non-hydrogen) atoms. The molecule has 9 heteroatoms. The fourth-order valence-electron chi connectivity index (χ4n) is 4.96. The number of rotatable bonds is 7. The number of carbonyl (C=O) groups is 2. The second-order valence-electron chi connectivity index (χ2n) is 8.42. The van der Waals surface area contributed by atoms with Gasteiger partial charge in [0, 0.05) is 30.0 Å². The van der Waals surface area contributed by atoms with Crippen molar-refractivity contribution in [2.45, 2.75) is 31.1 Å². The van der Waals surface area contributed by atoms with Gasteiger partial charge in [-0.1, -0.05) is 0 Å².